The predicted octanol–water partition coefficient (Wildman–Crippen LogP) is 4.13. The third kappa shape index (κ3) is 4.87. The summed E-state index contributed by atoms with van der Waals surface area (Å²) in [6.45, 7) is 2.02. The zero-order valence-electron chi connectivity index (χ0n) is 14.8. The number of alkyl halides is 3. The Balaban J connectivity index is 1.80. The predicted molar refractivity (Wildman–Crippen MR) is 93.7 cm³/mol. The van der Waals surface area contributed by atoms with Crippen LogP contribution >= 0.6 is 0 Å². The maximum absolute atomic E-state index is 12.7. The van der Waals surface area contributed by atoms with E-state index in [0.29, 0.717) is 29.9 Å². The van der Waals surface area contributed by atoms with Gasteiger partial charge >= 0.3 is 6.36 Å². The number of nitrogens with one attached hydrogen (secondary N) is 1. The Kier molecular flexibility index (Phi) is 5.71. The van der Waals surface area contributed by atoms with Crippen molar-refractivity contribution < 1.29 is 35.8 Å². The number of hydrogen-bond donors (Lipinski definition) is 1. The quantitative estimate of drug-likeness (QED) is 0.733. The topological polar surface area (TPSA) is 73.9 Å². The van der Waals surface area contributed by atoms with Gasteiger partial charge in [-0.1, -0.05) is 19.4 Å². The number of ether oxygens (including phenoxy) is 3. The van der Waals surface area contributed by atoms with Crippen molar-refractivity contribution in [2.45, 2.75) is 37.1 Å². The first-order chi connectivity index (χ1) is 13.2. The fourth-order valence-electron chi connectivity index (χ4n) is 2.79. The Bertz CT molecular complexity index is 929. The summed E-state index contributed by atoms with van der Waals surface area (Å²) in [4.78, 5) is -0.163. The largest absolute Gasteiger partial charge is 0.573 e. The molecule has 0 bridgehead atoms. The Morgan fingerprint density at radius 2 is 1.79 bits per heavy atom. The average Bonchev–Trinajstić information content (AvgIpc) is 3.08. The minimum absolute atomic E-state index is 0.106. The van der Waals surface area contributed by atoms with Crippen molar-refractivity contribution in [1.82, 2.24) is 4.72 Å². The zero-order chi connectivity index (χ0) is 20.4. The van der Waals surface area contributed by atoms with Crippen molar-refractivity contribution in [2.24, 2.45) is 0 Å². The van der Waals surface area contributed by atoms with Crippen LogP contribution in [0.5, 0.6) is 17.2 Å². The summed E-state index contributed by atoms with van der Waals surface area (Å²) in [7, 11) is -3.96. The Hall–Kier alpha value is -2.46. The van der Waals surface area contributed by atoms with E-state index < -0.39 is 28.2 Å². The van der Waals surface area contributed by atoms with Gasteiger partial charge in [-0.2, -0.15) is 0 Å². The van der Waals surface area contributed by atoms with E-state index >= 15 is 0 Å². The van der Waals surface area contributed by atoms with Crippen LogP contribution in [0.4, 0.5) is 13.2 Å². The molecule has 1 aliphatic heterocycles. The van der Waals surface area contributed by atoms with Crippen molar-refractivity contribution in [2.75, 3.05) is 6.79 Å². The number of benzene rings is 2. The van der Waals surface area contributed by atoms with E-state index in [1.807, 2.05) is 6.92 Å². The van der Waals surface area contributed by atoms with E-state index in [0.717, 1.165) is 24.3 Å². The van der Waals surface area contributed by atoms with Gasteiger partial charge in [0.05, 0.1) is 4.90 Å². The van der Waals surface area contributed by atoms with Crippen LogP contribution in [-0.2, 0) is 10.0 Å². The molecule has 1 heterocycles. The van der Waals surface area contributed by atoms with Crippen LogP contribution in [0.2, 0.25) is 0 Å². The van der Waals surface area contributed by atoms with Gasteiger partial charge in [-0.3, -0.25) is 0 Å². The van der Waals surface area contributed by atoms with E-state index in [-0.39, 0.29) is 11.7 Å². The molecule has 6 nitrogen and oxygen atoms in total. The smallest absolute Gasteiger partial charge is 0.454 e. The third-order valence-electron chi connectivity index (χ3n) is 4.04. The van der Waals surface area contributed by atoms with Crippen LogP contribution in [0.25, 0.3) is 0 Å². The highest BCUT2D eigenvalue weighted by atomic mass is 32.2. The van der Waals surface area contributed by atoms with E-state index in [9.17, 15) is 21.6 Å². The summed E-state index contributed by atoms with van der Waals surface area (Å²) in [5.41, 5.74) is 0.701. The van der Waals surface area contributed by atoms with E-state index in [4.69, 9.17) is 9.47 Å². The van der Waals surface area contributed by atoms with Crippen LogP contribution in [0, 0.1) is 0 Å². The molecule has 0 spiro atoms. The monoisotopic (exact) mass is 417 g/mol. The lowest BCUT2D eigenvalue weighted by atomic mass is 10.0. The molecule has 1 aliphatic rings. The SMILES string of the molecule is CCC[C@@H](NS(=O)(=O)c1ccc(OC(F)(F)F)cc1)c1ccc2c(c1)OCO2. The molecule has 1 N–H and O–H groups in total. The molecular weight excluding hydrogens is 399 g/mol. The molecule has 0 saturated carbocycles. The average molecular weight is 417 g/mol. The lowest BCUT2D eigenvalue weighted by Crippen LogP contribution is -2.28. The van der Waals surface area contributed by atoms with Crippen LogP contribution in [0.1, 0.15) is 31.4 Å². The van der Waals surface area contributed by atoms with Crippen molar-refractivity contribution in [1.29, 1.82) is 0 Å². The molecule has 0 amide bonds. The third-order valence-corrected chi connectivity index (χ3v) is 5.53. The summed E-state index contributed by atoms with van der Waals surface area (Å²) in [6.07, 6.45) is -3.61. The molecule has 152 valence electrons. The fourth-order valence-corrected chi connectivity index (χ4v) is 4.05. The van der Waals surface area contributed by atoms with Gasteiger partial charge in [0.25, 0.3) is 0 Å². The molecule has 0 fully saturated rings. The highest BCUT2D eigenvalue weighted by Gasteiger charge is 2.31. The first kappa shape index (κ1) is 20.3. The molecule has 0 unspecified atom stereocenters. The highest BCUT2D eigenvalue weighted by molar-refractivity contribution is 7.89. The summed E-state index contributed by atoms with van der Waals surface area (Å²) in [6, 6.07) is 8.67. The molecule has 2 aromatic carbocycles. The first-order valence-corrected chi connectivity index (χ1v) is 9.94. The van der Waals surface area contributed by atoms with Crippen LogP contribution in [0.3, 0.4) is 0 Å². The molecule has 3 rings (SSSR count). The summed E-state index contributed by atoms with van der Waals surface area (Å²) in [5.74, 6) is 0.626. The number of sulfonamides is 1. The standard InChI is InChI=1S/C18H18F3NO5S/c1-2-3-15(12-4-9-16-17(10-12)26-11-25-16)22-28(23,24)14-7-5-13(6-8-14)27-18(19,20)21/h4-10,15,22H,2-3,11H2,1H3/t15-/m1/s1. The maximum atomic E-state index is 12.7. The van der Waals surface area contributed by atoms with Crippen LogP contribution in [0.15, 0.2) is 47.4 Å². The molecule has 28 heavy (non-hydrogen) atoms. The molecule has 1 atom stereocenters. The van der Waals surface area contributed by atoms with E-state index in [1.54, 1.807) is 18.2 Å². The minimum Gasteiger partial charge on any atom is -0.454 e. The Labute approximate surface area is 160 Å². The van der Waals surface area contributed by atoms with Gasteiger partial charge in [0.15, 0.2) is 11.5 Å². The summed E-state index contributed by atoms with van der Waals surface area (Å²) < 4.78 is 79.1. The van der Waals surface area contributed by atoms with Crippen molar-refractivity contribution in [3.05, 3.63) is 48.0 Å². The van der Waals surface area contributed by atoms with Gasteiger partial charge in [0.1, 0.15) is 5.75 Å². The first-order valence-electron chi connectivity index (χ1n) is 8.45. The Morgan fingerprint density at radius 1 is 1.11 bits per heavy atom. The number of rotatable bonds is 7. The van der Waals surface area contributed by atoms with Gasteiger partial charge < -0.3 is 14.2 Å². The van der Waals surface area contributed by atoms with Gasteiger partial charge in [0, 0.05) is 6.04 Å². The molecule has 0 saturated heterocycles. The van der Waals surface area contributed by atoms with E-state index in [2.05, 4.69) is 9.46 Å². The Morgan fingerprint density at radius 3 is 2.43 bits per heavy atom. The highest BCUT2D eigenvalue weighted by Crippen LogP contribution is 2.35. The lowest BCUT2D eigenvalue weighted by molar-refractivity contribution is -0.274. The van der Waals surface area contributed by atoms with Gasteiger partial charge in [-0.25, -0.2) is 13.1 Å². The van der Waals surface area contributed by atoms with Gasteiger partial charge in [0.2, 0.25) is 16.8 Å². The van der Waals surface area contributed by atoms with Crippen molar-refractivity contribution >= 4 is 10.0 Å². The summed E-state index contributed by atoms with van der Waals surface area (Å²) in [5, 5.41) is 0. The summed E-state index contributed by atoms with van der Waals surface area (Å²) >= 11 is 0. The fraction of sp³-hybridized carbons (Fsp3) is 0.333. The van der Waals surface area contributed by atoms with Crippen molar-refractivity contribution in [3.8, 4) is 17.2 Å². The molecule has 0 aliphatic carbocycles. The molecular formula is C18H18F3NO5S. The van der Waals surface area contributed by atoms with Gasteiger partial charge in [-0.15, -0.1) is 13.2 Å². The second-order valence-corrected chi connectivity index (χ2v) is 7.81. The zero-order valence-corrected chi connectivity index (χ0v) is 15.6. The second-order valence-electron chi connectivity index (χ2n) is 6.09. The number of fused-ring (bicyclic) bond motifs is 1. The van der Waals surface area contributed by atoms with Crippen molar-refractivity contribution in [3.63, 3.8) is 0 Å². The molecule has 0 aromatic heterocycles. The maximum Gasteiger partial charge on any atom is 0.573 e. The molecule has 2 aromatic rings. The lowest BCUT2D eigenvalue weighted by Gasteiger charge is -2.19. The second kappa shape index (κ2) is 7.88. The molecule has 10 heteroatoms. The van der Waals surface area contributed by atoms with Gasteiger partial charge in [-0.05, 0) is 48.4 Å². The number of hydrogen-bond acceptors (Lipinski definition) is 5. The normalized spacial score (nSPS) is 14.7. The van der Waals surface area contributed by atoms with E-state index in [1.165, 1.54) is 0 Å². The van der Waals surface area contributed by atoms with Crippen LogP contribution < -0.4 is 18.9 Å². The van der Waals surface area contributed by atoms with Crippen LogP contribution in [-0.4, -0.2) is 21.6 Å². The minimum atomic E-state index is -4.84. The molecule has 0 radical (unpaired) electrons. The number of halogens is 3.